The Bertz CT molecular complexity index is 814. The number of aromatic nitrogens is 1. The third-order valence-corrected chi connectivity index (χ3v) is 6.74. The quantitative estimate of drug-likeness (QED) is 0.809. The van der Waals surface area contributed by atoms with Gasteiger partial charge < -0.3 is 10.2 Å². The van der Waals surface area contributed by atoms with Gasteiger partial charge in [-0.1, -0.05) is 43.2 Å². The summed E-state index contributed by atoms with van der Waals surface area (Å²) in [6, 6.07) is 9.84. The van der Waals surface area contributed by atoms with Crippen LogP contribution in [0.1, 0.15) is 44.2 Å². The van der Waals surface area contributed by atoms with Gasteiger partial charge in [0.05, 0.1) is 5.69 Å². The molecule has 1 saturated heterocycles. The van der Waals surface area contributed by atoms with Gasteiger partial charge in [-0.3, -0.25) is 9.59 Å². The molecule has 1 aromatic carbocycles. The van der Waals surface area contributed by atoms with Gasteiger partial charge in [-0.25, -0.2) is 4.98 Å². The Balaban J connectivity index is 1.28. The van der Waals surface area contributed by atoms with Crippen molar-refractivity contribution in [1.82, 2.24) is 15.2 Å². The van der Waals surface area contributed by atoms with Crippen LogP contribution in [0.3, 0.4) is 0 Å². The van der Waals surface area contributed by atoms with Crippen LogP contribution in [0.2, 0.25) is 0 Å². The van der Waals surface area contributed by atoms with E-state index in [0.717, 1.165) is 61.3 Å². The lowest BCUT2D eigenvalue weighted by Crippen LogP contribution is -2.47. The molecule has 148 valence electrons. The number of rotatable bonds is 6. The Labute approximate surface area is 170 Å². The predicted molar refractivity (Wildman–Crippen MR) is 111 cm³/mol. The lowest BCUT2D eigenvalue weighted by Gasteiger charge is -2.26. The molecule has 5 nitrogen and oxygen atoms in total. The SMILES string of the molecule is O=C(NCCc1csc(-c2ccccc2)n1)[C@H]1CCCN1C(=O)C1CCCC1. The number of carbonyl (C=O) groups excluding carboxylic acids is 2. The summed E-state index contributed by atoms with van der Waals surface area (Å²) in [5, 5.41) is 6.09. The van der Waals surface area contributed by atoms with Crippen molar-refractivity contribution in [2.24, 2.45) is 5.92 Å². The fraction of sp³-hybridized carbons (Fsp3) is 0.500. The van der Waals surface area contributed by atoms with Gasteiger partial charge in [0, 0.05) is 36.4 Å². The molecule has 1 aliphatic heterocycles. The molecule has 4 rings (SSSR count). The van der Waals surface area contributed by atoms with Crippen molar-refractivity contribution in [3.63, 3.8) is 0 Å². The summed E-state index contributed by atoms with van der Waals surface area (Å²) in [6.45, 7) is 1.28. The fourth-order valence-electron chi connectivity index (χ4n) is 4.28. The zero-order valence-corrected chi connectivity index (χ0v) is 16.9. The van der Waals surface area contributed by atoms with Crippen molar-refractivity contribution < 1.29 is 9.59 Å². The summed E-state index contributed by atoms with van der Waals surface area (Å²) >= 11 is 1.63. The largest absolute Gasteiger partial charge is 0.354 e. The number of thiazole rings is 1. The van der Waals surface area contributed by atoms with Gasteiger partial charge >= 0.3 is 0 Å². The number of nitrogens with zero attached hydrogens (tertiary/aromatic N) is 2. The normalized spacial score (nSPS) is 19.9. The molecule has 6 heteroatoms. The molecule has 2 heterocycles. The van der Waals surface area contributed by atoms with Crippen LogP contribution in [-0.2, 0) is 16.0 Å². The second kappa shape index (κ2) is 8.86. The van der Waals surface area contributed by atoms with Gasteiger partial charge in [0.25, 0.3) is 0 Å². The first-order valence-electron chi connectivity index (χ1n) is 10.3. The molecule has 2 amide bonds. The summed E-state index contributed by atoms with van der Waals surface area (Å²) in [4.78, 5) is 31.9. The first-order valence-corrected chi connectivity index (χ1v) is 11.2. The summed E-state index contributed by atoms with van der Waals surface area (Å²) < 4.78 is 0. The van der Waals surface area contributed by atoms with Crippen LogP contribution in [0.25, 0.3) is 10.6 Å². The molecule has 0 radical (unpaired) electrons. The van der Waals surface area contributed by atoms with Crippen LogP contribution < -0.4 is 5.32 Å². The molecule has 1 saturated carbocycles. The van der Waals surface area contributed by atoms with Crippen molar-refractivity contribution in [2.75, 3.05) is 13.1 Å². The van der Waals surface area contributed by atoms with E-state index in [1.807, 2.05) is 23.1 Å². The fourth-order valence-corrected chi connectivity index (χ4v) is 5.14. The van der Waals surface area contributed by atoms with Crippen LogP contribution in [0.15, 0.2) is 35.7 Å². The van der Waals surface area contributed by atoms with Crippen molar-refractivity contribution >= 4 is 23.2 Å². The number of likely N-dealkylation sites (tertiary alicyclic amines) is 1. The van der Waals surface area contributed by atoms with E-state index in [-0.39, 0.29) is 23.8 Å². The van der Waals surface area contributed by atoms with Crippen LogP contribution >= 0.6 is 11.3 Å². The molecule has 28 heavy (non-hydrogen) atoms. The molecule has 0 unspecified atom stereocenters. The lowest BCUT2D eigenvalue weighted by atomic mass is 10.1. The van der Waals surface area contributed by atoms with Crippen LogP contribution in [0, 0.1) is 5.92 Å². The Morgan fingerprint density at radius 1 is 1.11 bits per heavy atom. The van der Waals surface area contributed by atoms with Crippen molar-refractivity contribution in [2.45, 2.75) is 51.0 Å². The molecular formula is C22H27N3O2S. The Morgan fingerprint density at radius 2 is 1.89 bits per heavy atom. The molecule has 1 aliphatic carbocycles. The zero-order chi connectivity index (χ0) is 19.3. The Kier molecular flexibility index (Phi) is 6.05. The smallest absolute Gasteiger partial charge is 0.242 e. The van der Waals surface area contributed by atoms with Gasteiger partial charge in [0.15, 0.2) is 0 Å². The molecule has 0 bridgehead atoms. The molecule has 1 aromatic heterocycles. The van der Waals surface area contributed by atoms with E-state index in [9.17, 15) is 9.59 Å². The van der Waals surface area contributed by atoms with E-state index >= 15 is 0 Å². The second-order valence-corrected chi connectivity index (χ2v) is 8.58. The van der Waals surface area contributed by atoms with Crippen molar-refractivity contribution in [1.29, 1.82) is 0 Å². The predicted octanol–water partition coefficient (Wildman–Crippen LogP) is 3.65. The number of hydrogen-bond acceptors (Lipinski definition) is 4. The van der Waals surface area contributed by atoms with Crippen LogP contribution in [0.5, 0.6) is 0 Å². The summed E-state index contributed by atoms with van der Waals surface area (Å²) in [7, 11) is 0. The highest BCUT2D eigenvalue weighted by Gasteiger charge is 2.37. The third-order valence-electron chi connectivity index (χ3n) is 5.80. The molecule has 1 atom stereocenters. The highest BCUT2D eigenvalue weighted by Crippen LogP contribution is 2.30. The topological polar surface area (TPSA) is 62.3 Å². The first kappa shape index (κ1) is 19.1. The number of amides is 2. The van der Waals surface area contributed by atoms with Crippen LogP contribution in [0.4, 0.5) is 0 Å². The maximum atomic E-state index is 12.7. The minimum absolute atomic E-state index is 0.0117. The number of benzene rings is 1. The molecule has 2 aliphatic rings. The molecule has 1 N–H and O–H groups in total. The molecule has 2 fully saturated rings. The van der Waals surface area contributed by atoms with Gasteiger partial charge in [0.2, 0.25) is 11.8 Å². The van der Waals surface area contributed by atoms with E-state index in [4.69, 9.17) is 0 Å². The number of hydrogen-bond donors (Lipinski definition) is 1. The van der Waals surface area contributed by atoms with E-state index in [1.54, 1.807) is 11.3 Å². The highest BCUT2D eigenvalue weighted by atomic mass is 32.1. The summed E-state index contributed by atoms with van der Waals surface area (Å²) in [5.41, 5.74) is 2.12. The third kappa shape index (κ3) is 4.27. The van der Waals surface area contributed by atoms with Gasteiger partial charge in [0.1, 0.15) is 11.0 Å². The van der Waals surface area contributed by atoms with E-state index < -0.39 is 0 Å². The minimum atomic E-state index is -0.289. The van der Waals surface area contributed by atoms with Crippen molar-refractivity contribution in [3.8, 4) is 10.6 Å². The van der Waals surface area contributed by atoms with E-state index in [1.165, 1.54) is 0 Å². The maximum Gasteiger partial charge on any atom is 0.242 e. The van der Waals surface area contributed by atoms with Gasteiger partial charge in [-0.05, 0) is 25.7 Å². The maximum absolute atomic E-state index is 12.7. The minimum Gasteiger partial charge on any atom is -0.354 e. The molecular weight excluding hydrogens is 370 g/mol. The van der Waals surface area contributed by atoms with Crippen molar-refractivity contribution in [3.05, 3.63) is 41.4 Å². The Morgan fingerprint density at radius 3 is 2.68 bits per heavy atom. The zero-order valence-electron chi connectivity index (χ0n) is 16.1. The highest BCUT2D eigenvalue weighted by molar-refractivity contribution is 7.13. The first-order chi connectivity index (χ1) is 13.7. The lowest BCUT2D eigenvalue weighted by molar-refractivity contribution is -0.141. The average Bonchev–Trinajstić information content (AvgIpc) is 3.49. The summed E-state index contributed by atoms with van der Waals surface area (Å²) in [5.74, 6) is 0.323. The van der Waals surface area contributed by atoms with Gasteiger partial charge in [-0.2, -0.15) is 0 Å². The van der Waals surface area contributed by atoms with E-state index in [2.05, 4.69) is 27.8 Å². The monoisotopic (exact) mass is 397 g/mol. The Hall–Kier alpha value is -2.21. The standard InChI is InChI=1S/C22H27N3O2S/c26-20(19-11-6-14-25(19)22(27)17-9-4-5-10-17)23-13-12-18-15-28-21(24-18)16-7-2-1-3-8-16/h1-3,7-8,15,17,19H,4-6,9-14H2,(H,23,26)/t19-/m1/s1. The summed E-state index contributed by atoms with van der Waals surface area (Å²) in [6.07, 6.45) is 6.65. The second-order valence-electron chi connectivity index (χ2n) is 7.72. The number of nitrogens with one attached hydrogen (secondary N) is 1. The number of carbonyl (C=O) groups is 2. The molecule has 0 spiro atoms. The molecule has 2 aromatic rings. The van der Waals surface area contributed by atoms with E-state index in [0.29, 0.717) is 13.0 Å². The van der Waals surface area contributed by atoms with Crippen LogP contribution in [-0.4, -0.2) is 40.8 Å². The van der Waals surface area contributed by atoms with Gasteiger partial charge in [-0.15, -0.1) is 11.3 Å². The average molecular weight is 398 g/mol.